The van der Waals surface area contributed by atoms with Crippen LogP contribution >= 0.6 is 0 Å². The number of H-pyrrole nitrogens is 1. The molecule has 2 aliphatic rings. The lowest BCUT2D eigenvalue weighted by Crippen LogP contribution is -2.34. The minimum atomic E-state index is 0.148. The number of hydrogen-bond donors (Lipinski definition) is 2. The van der Waals surface area contributed by atoms with Gasteiger partial charge < -0.3 is 15.0 Å². The Morgan fingerprint density at radius 3 is 2.64 bits per heavy atom. The van der Waals surface area contributed by atoms with Crippen molar-refractivity contribution in [3.8, 4) is 0 Å². The molecule has 1 saturated heterocycles. The third-order valence-corrected chi connectivity index (χ3v) is 6.13. The van der Waals surface area contributed by atoms with Crippen molar-refractivity contribution >= 4 is 0 Å². The number of aromatic nitrogens is 2. The Morgan fingerprint density at radius 2 is 2.04 bits per heavy atom. The van der Waals surface area contributed by atoms with Crippen LogP contribution in [0.15, 0.2) is 0 Å². The monoisotopic (exact) mass is 348 g/mol. The molecule has 1 aromatic rings. The molecule has 0 atom stereocenters. The topological polar surface area (TPSA) is 53.2 Å². The predicted octanol–water partition coefficient (Wildman–Crippen LogP) is 3.21. The predicted molar refractivity (Wildman–Crippen MR) is 102 cm³/mol. The fraction of sp³-hybridized carbons (Fsp3) is 0.850. The van der Waals surface area contributed by atoms with Crippen molar-refractivity contribution in [1.29, 1.82) is 0 Å². The second-order valence-corrected chi connectivity index (χ2v) is 9.14. The molecule has 0 amide bonds. The molecule has 2 fully saturated rings. The molecule has 1 aliphatic heterocycles. The zero-order chi connectivity index (χ0) is 18.1. The van der Waals surface area contributed by atoms with Gasteiger partial charge in [-0.15, -0.1) is 0 Å². The molecule has 1 aliphatic carbocycles. The van der Waals surface area contributed by atoms with E-state index in [-0.39, 0.29) is 5.60 Å². The lowest BCUT2D eigenvalue weighted by Gasteiger charge is -2.37. The van der Waals surface area contributed by atoms with Crippen LogP contribution in [0.25, 0.3) is 0 Å². The van der Waals surface area contributed by atoms with Gasteiger partial charge >= 0.3 is 0 Å². The fourth-order valence-corrected chi connectivity index (χ4v) is 4.72. The normalized spacial score (nSPS) is 29.0. The van der Waals surface area contributed by atoms with Gasteiger partial charge in [0.25, 0.3) is 0 Å². The van der Waals surface area contributed by atoms with Gasteiger partial charge in [-0.2, -0.15) is 5.10 Å². The highest BCUT2D eigenvalue weighted by molar-refractivity contribution is 5.28. The summed E-state index contributed by atoms with van der Waals surface area (Å²) in [5, 5.41) is 11.2. The number of nitrogens with zero attached hydrogens (tertiary/aromatic N) is 2. The number of aryl methyl sites for hydroxylation is 1. The standard InChI is InChI=1S/C20H36N4O/c1-15-17(12-24(5)11-10-21-4)18(23-22-15)16-6-8-20(9-7-16)13-19(2,3)14-25-20/h16,21H,6-14H2,1-5H3,(H,22,23). The van der Waals surface area contributed by atoms with Crippen molar-refractivity contribution < 1.29 is 4.74 Å². The first kappa shape index (κ1) is 18.9. The second kappa shape index (κ2) is 7.37. The maximum Gasteiger partial charge on any atom is 0.0700 e. The van der Waals surface area contributed by atoms with E-state index in [1.54, 1.807) is 0 Å². The quantitative estimate of drug-likeness (QED) is 0.829. The molecule has 5 heteroatoms. The molecule has 0 unspecified atom stereocenters. The zero-order valence-electron chi connectivity index (χ0n) is 16.7. The van der Waals surface area contributed by atoms with Gasteiger partial charge in [0.15, 0.2) is 0 Å². The van der Waals surface area contributed by atoms with Crippen molar-refractivity contribution in [3.63, 3.8) is 0 Å². The summed E-state index contributed by atoms with van der Waals surface area (Å²) in [6.45, 7) is 10.8. The SMILES string of the molecule is CNCCN(C)Cc1c(C2CCC3(CC2)CC(C)(C)CO3)n[nH]c1C. The van der Waals surface area contributed by atoms with Crippen molar-refractivity contribution in [2.45, 2.75) is 70.9 Å². The highest BCUT2D eigenvalue weighted by Crippen LogP contribution is 2.50. The van der Waals surface area contributed by atoms with Crippen LogP contribution in [0, 0.1) is 12.3 Å². The Balaban J connectivity index is 1.64. The van der Waals surface area contributed by atoms with E-state index in [1.165, 1.54) is 49.1 Å². The molecule has 142 valence electrons. The van der Waals surface area contributed by atoms with Gasteiger partial charge in [-0.1, -0.05) is 13.8 Å². The van der Waals surface area contributed by atoms with Gasteiger partial charge in [0.1, 0.15) is 0 Å². The smallest absolute Gasteiger partial charge is 0.0700 e. The molecule has 1 spiro atoms. The maximum absolute atomic E-state index is 6.28. The summed E-state index contributed by atoms with van der Waals surface area (Å²) in [7, 11) is 4.20. The van der Waals surface area contributed by atoms with E-state index in [1.807, 2.05) is 7.05 Å². The van der Waals surface area contributed by atoms with E-state index < -0.39 is 0 Å². The van der Waals surface area contributed by atoms with Crippen molar-refractivity contribution in [1.82, 2.24) is 20.4 Å². The van der Waals surface area contributed by atoms with Gasteiger partial charge in [-0.25, -0.2) is 0 Å². The van der Waals surface area contributed by atoms with Crippen LogP contribution < -0.4 is 5.32 Å². The van der Waals surface area contributed by atoms with Gasteiger partial charge in [0.2, 0.25) is 0 Å². The van der Waals surface area contributed by atoms with Crippen LogP contribution in [0.1, 0.15) is 68.8 Å². The highest BCUT2D eigenvalue weighted by atomic mass is 16.5. The average Bonchev–Trinajstić information content (AvgIpc) is 3.07. The Bertz CT molecular complexity index is 572. The highest BCUT2D eigenvalue weighted by Gasteiger charge is 2.46. The van der Waals surface area contributed by atoms with Crippen molar-refractivity contribution in [2.24, 2.45) is 5.41 Å². The number of likely N-dealkylation sites (N-methyl/N-ethyl adjacent to an activating group) is 2. The van der Waals surface area contributed by atoms with Gasteiger partial charge in [0.05, 0.1) is 17.9 Å². The number of rotatable bonds is 6. The summed E-state index contributed by atoms with van der Waals surface area (Å²) in [6.07, 6.45) is 5.98. The van der Waals surface area contributed by atoms with Crippen LogP contribution in [-0.2, 0) is 11.3 Å². The third kappa shape index (κ3) is 4.26. The Morgan fingerprint density at radius 1 is 1.32 bits per heavy atom. The number of hydrogen-bond acceptors (Lipinski definition) is 4. The molecule has 0 aromatic carbocycles. The van der Waals surface area contributed by atoms with E-state index in [4.69, 9.17) is 9.84 Å². The van der Waals surface area contributed by atoms with E-state index >= 15 is 0 Å². The molecule has 0 radical (unpaired) electrons. The lowest BCUT2D eigenvalue weighted by atomic mass is 9.72. The first-order chi connectivity index (χ1) is 11.8. The number of nitrogens with one attached hydrogen (secondary N) is 2. The Kier molecular flexibility index (Phi) is 5.57. The first-order valence-electron chi connectivity index (χ1n) is 9.85. The average molecular weight is 349 g/mol. The molecule has 2 N–H and O–H groups in total. The van der Waals surface area contributed by atoms with Gasteiger partial charge in [-0.05, 0) is 58.5 Å². The minimum Gasteiger partial charge on any atom is -0.374 e. The molecule has 2 heterocycles. The summed E-state index contributed by atoms with van der Waals surface area (Å²) < 4.78 is 6.28. The van der Waals surface area contributed by atoms with Crippen molar-refractivity contribution in [2.75, 3.05) is 33.8 Å². The molecule has 25 heavy (non-hydrogen) atoms. The van der Waals surface area contributed by atoms with Crippen LogP contribution in [0.5, 0.6) is 0 Å². The number of ether oxygens (including phenoxy) is 1. The molecular weight excluding hydrogens is 312 g/mol. The van der Waals surface area contributed by atoms with Crippen molar-refractivity contribution in [3.05, 3.63) is 17.0 Å². The molecule has 3 rings (SSSR count). The molecule has 0 bridgehead atoms. The molecule has 5 nitrogen and oxygen atoms in total. The third-order valence-electron chi connectivity index (χ3n) is 6.13. The lowest BCUT2D eigenvalue weighted by molar-refractivity contribution is -0.0296. The maximum atomic E-state index is 6.28. The summed E-state index contributed by atoms with van der Waals surface area (Å²) in [5.41, 5.74) is 4.43. The summed E-state index contributed by atoms with van der Waals surface area (Å²) in [4.78, 5) is 2.38. The van der Waals surface area contributed by atoms with Crippen LogP contribution in [0.2, 0.25) is 0 Å². The zero-order valence-corrected chi connectivity index (χ0v) is 16.7. The van der Waals surface area contributed by atoms with Crippen LogP contribution in [-0.4, -0.2) is 54.5 Å². The Labute approximate surface area is 152 Å². The van der Waals surface area contributed by atoms with Gasteiger partial charge in [0, 0.05) is 36.8 Å². The first-order valence-corrected chi connectivity index (χ1v) is 9.85. The number of aromatic amines is 1. The van der Waals surface area contributed by atoms with E-state index in [0.29, 0.717) is 11.3 Å². The van der Waals surface area contributed by atoms with E-state index in [0.717, 1.165) is 26.2 Å². The summed E-state index contributed by atoms with van der Waals surface area (Å²) in [6, 6.07) is 0. The summed E-state index contributed by atoms with van der Waals surface area (Å²) in [5.74, 6) is 0.579. The van der Waals surface area contributed by atoms with E-state index in [2.05, 4.69) is 43.1 Å². The van der Waals surface area contributed by atoms with E-state index in [9.17, 15) is 0 Å². The largest absolute Gasteiger partial charge is 0.374 e. The molecular formula is C20H36N4O. The van der Waals surface area contributed by atoms with Crippen LogP contribution in [0.3, 0.4) is 0 Å². The minimum absolute atomic E-state index is 0.148. The summed E-state index contributed by atoms with van der Waals surface area (Å²) >= 11 is 0. The second-order valence-electron chi connectivity index (χ2n) is 9.14. The fourth-order valence-electron chi connectivity index (χ4n) is 4.72. The van der Waals surface area contributed by atoms with Crippen LogP contribution in [0.4, 0.5) is 0 Å². The Hall–Kier alpha value is -0.910. The van der Waals surface area contributed by atoms with Gasteiger partial charge in [-0.3, -0.25) is 5.10 Å². The molecule has 1 aromatic heterocycles. The molecule has 1 saturated carbocycles.